The number of amides is 1. The van der Waals surface area contributed by atoms with E-state index in [0.717, 1.165) is 39.3 Å². The summed E-state index contributed by atoms with van der Waals surface area (Å²) in [5.74, 6) is -0.163. The van der Waals surface area contributed by atoms with E-state index in [9.17, 15) is 4.79 Å². The fourth-order valence-electron chi connectivity index (χ4n) is 4.74. The minimum Gasteiger partial charge on any atom is -0.321 e. The Morgan fingerprint density at radius 1 is 0.889 bits per heavy atom. The molecule has 0 bridgehead atoms. The molecule has 5 aromatic rings. The summed E-state index contributed by atoms with van der Waals surface area (Å²) >= 11 is 0. The first-order valence-electron chi connectivity index (χ1n) is 12.1. The van der Waals surface area contributed by atoms with Gasteiger partial charge in [-0.1, -0.05) is 54.1 Å². The zero-order valence-electron chi connectivity index (χ0n) is 21.3. The van der Waals surface area contributed by atoms with Crippen molar-refractivity contribution in [1.82, 2.24) is 24.5 Å². The molecule has 0 atom stereocenters. The van der Waals surface area contributed by atoms with E-state index in [2.05, 4.69) is 64.7 Å². The molecule has 1 amide bonds. The van der Waals surface area contributed by atoms with E-state index in [0.29, 0.717) is 12.2 Å². The van der Waals surface area contributed by atoms with Crippen molar-refractivity contribution in [3.05, 3.63) is 94.6 Å². The number of nitrogens with one attached hydrogen (secondary N) is 1. The van der Waals surface area contributed by atoms with Crippen LogP contribution in [0.3, 0.4) is 0 Å². The minimum atomic E-state index is -0.163. The number of anilines is 1. The van der Waals surface area contributed by atoms with Crippen LogP contribution in [0.15, 0.2) is 60.8 Å². The third-order valence-electron chi connectivity index (χ3n) is 6.66. The lowest BCUT2D eigenvalue weighted by Crippen LogP contribution is -2.20. The maximum absolute atomic E-state index is 13.1. The molecule has 0 unspecified atom stereocenters. The van der Waals surface area contributed by atoms with Gasteiger partial charge in [0.2, 0.25) is 5.91 Å². The zero-order valence-corrected chi connectivity index (χ0v) is 21.3. The maximum atomic E-state index is 13.1. The van der Waals surface area contributed by atoms with E-state index in [1.165, 1.54) is 16.7 Å². The van der Waals surface area contributed by atoms with Crippen LogP contribution < -0.4 is 5.32 Å². The second-order valence-electron chi connectivity index (χ2n) is 9.35. The summed E-state index contributed by atoms with van der Waals surface area (Å²) < 4.78 is 3.62. The van der Waals surface area contributed by atoms with E-state index < -0.39 is 0 Å². The van der Waals surface area contributed by atoms with Gasteiger partial charge in [-0.15, -0.1) is 0 Å². The molecular weight excluding hydrogens is 448 g/mol. The van der Waals surface area contributed by atoms with Crippen LogP contribution in [-0.2, 0) is 17.9 Å². The van der Waals surface area contributed by atoms with Crippen LogP contribution in [0.4, 0.5) is 5.69 Å². The van der Waals surface area contributed by atoms with E-state index in [1.54, 1.807) is 10.9 Å². The van der Waals surface area contributed by atoms with Crippen molar-refractivity contribution in [3.63, 3.8) is 0 Å². The summed E-state index contributed by atoms with van der Waals surface area (Å²) in [4.78, 5) is 17.7. The topological polar surface area (TPSA) is 77.6 Å². The number of aromatic nitrogens is 5. The van der Waals surface area contributed by atoms with Crippen molar-refractivity contribution in [1.29, 1.82) is 0 Å². The highest BCUT2D eigenvalue weighted by Crippen LogP contribution is 2.30. The highest BCUT2D eigenvalue weighted by atomic mass is 16.2. The summed E-state index contributed by atoms with van der Waals surface area (Å²) in [5, 5.41) is 13.4. The molecule has 2 aromatic carbocycles. The molecule has 0 fully saturated rings. The van der Waals surface area contributed by atoms with Gasteiger partial charge in [-0.2, -0.15) is 10.2 Å². The smallest absolute Gasteiger partial charge is 0.246 e. The highest BCUT2D eigenvalue weighted by Gasteiger charge is 2.19. The van der Waals surface area contributed by atoms with Crippen molar-refractivity contribution in [2.45, 2.75) is 47.7 Å². The van der Waals surface area contributed by atoms with E-state index in [-0.39, 0.29) is 12.5 Å². The molecule has 182 valence electrons. The predicted octanol–water partition coefficient (Wildman–Crippen LogP) is 5.52. The van der Waals surface area contributed by atoms with Gasteiger partial charge in [0.1, 0.15) is 6.54 Å². The SMILES string of the molecule is Cc1cccc(-c2ccnc3c2c(C)nn3CC(=O)Nc2c(C)nn(Cc3ccccc3C)c2C)c1. The third kappa shape index (κ3) is 4.40. The van der Waals surface area contributed by atoms with Gasteiger partial charge in [0.15, 0.2) is 5.65 Å². The first-order valence-corrected chi connectivity index (χ1v) is 12.1. The Bertz CT molecular complexity index is 1590. The van der Waals surface area contributed by atoms with Crippen LogP contribution in [0.2, 0.25) is 0 Å². The van der Waals surface area contributed by atoms with Crippen molar-refractivity contribution in [2.75, 3.05) is 5.32 Å². The van der Waals surface area contributed by atoms with Crippen LogP contribution in [0.5, 0.6) is 0 Å². The van der Waals surface area contributed by atoms with Gasteiger partial charge in [-0.25, -0.2) is 9.67 Å². The van der Waals surface area contributed by atoms with Crippen LogP contribution in [-0.4, -0.2) is 30.5 Å². The predicted molar refractivity (Wildman–Crippen MR) is 143 cm³/mol. The molecule has 0 saturated heterocycles. The molecule has 0 aliphatic carbocycles. The highest BCUT2D eigenvalue weighted by molar-refractivity contribution is 5.96. The summed E-state index contributed by atoms with van der Waals surface area (Å²) in [5.41, 5.74) is 9.79. The molecule has 7 nitrogen and oxygen atoms in total. The molecule has 0 aliphatic rings. The summed E-state index contributed by atoms with van der Waals surface area (Å²) in [6.45, 7) is 10.8. The van der Waals surface area contributed by atoms with Gasteiger partial charge in [0.05, 0.1) is 29.3 Å². The zero-order chi connectivity index (χ0) is 25.4. The maximum Gasteiger partial charge on any atom is 0.246 e. The fraction of sp³-hybridized carbons (Fsp3) is 0.241. The lowest BCUT2D eigenvalue weighted by atomic mass is 10.0. The van der Waals surface area contributed by atoms with Crippen LogP contribution >= 0.6 is 0 Å². The number of carbonyl (C=O) groups is 1. The van der Waals surface area contributed by atoms with Gasteiger partial charge in [0, 0.05) is 11.6 Å². The number of carbonyl (C=O) groups excluding carboxylic acids is 1. The summed E-state index contributed by atoms with van der Waals surface area (Å²) in [6, 6.07) is 18.6. The molecule has 0 saturated carbocycles. The average Bonchev–Trinajstić information content (AvgIpc) is 3.31. The Morgan fingerprint density at radius 3 is 2.44 bits per heavy atom. The van der Waals surface area contributed by atoms with Crippen molar-refractivity contribution >= 4 is 22.6 Å². The molecule has 5 rings (SSSR count). The molecule has 0 radical (unpaired) electrons. The molecule has 1 N–H and O–H groups in total. The fourth-order valence-corrected chi connectivity index (χ4v) is 4.74. The van der Waals surface area contributed by atoms with Crippen LogP contribution in [0, 0.1) is 34.6 Å². The average molecular weight is 479 g/mol. The lowest BCUT2D eigenvalue weighted by Gasteiger charge is -2.09. The Hall–Kier alpha value is -4.26. The Kier molecular flexibility index (Phi) is 6.14. The largest absolute Gasteiger partial charge is 0.321 e. The number of hydrogen-bond donors (Lipinski definition) is 1. The Morgan fingerprint density at radius 2 is 1.67 bits per heavy atom. The second kappa shape index (κ2) is 9.41. The van der Waals surface area contributed by atoms with Gasteiger partial charge in [0.25, 0.3) is 0 Å². The van der Waals surface area contributed by atoms with E-state index in [1.807, 2.05) is 49.7 Å². The number of fused-ring (bicyclic) bond motifs is 1. The van der Waals surface area contributed by atoms with Crippen molar-refractivity contribution in [2.24, 2.45) is 0 Å². The summed E-state index contributed by atoms with van der Waals surface area (Å²) in [6.07, 6.45) is 1.78. The molecule has 0 spiro atoms. The molecular formula is C29H30N6O. The minimum absolute atomic E-state index is 0.0659. The van der Waals surface area contributed by atoms with Crippen LogP contribution in [0.1, 0.15) is 33.8 Å². The summed E-state index contributed by atoms with van der Waals surface area (Å²) in [7, 11) is 0. The number of pyridine rings is 1. The lowest BCUT2D eigenvalue weighted by molar-refractivity contribution is -0.116. The number of nitrogens with zero attached hydrogens (tertiary/aromatic N) is 5. The Labute approximate surface area is 210 Å². The molecule has 7 heteroatoms. The molecule has 0 aliphatic heterocycles. The molecule has 36 heavy (non-hydrogen) atoms. The van der Waals surface area contributed by atoms with E-state index >= 15 is 0 Å². The monoisotopic (exact) mass is 478 g/mol. The van der Waals surface area contributed by atoms with Crippen molar-refractivity contribution < 1.29 is 4.79 Å². The number of hydrogen-bond acceptors (Lipinski definition) is 4. The first-order chi connectivity index (χ1) is 17.3. The van der Waals surface area contributed by atoms with Crippen LogP contribution in [0.25, 0.3) is 22.2 Å². The quantitative estimate of drug-likeness (QED) is 0.348. The molecule has 3 aromatic heterocycles. The van der Waals surface area contributed by atoms with E-state index in [4.69, 9.17) is 0 Å². The van der Waals surface area contributed by atoms with Gasteiger partial charge >= 0.3 is 0 Å². The van der Waals surface area contributed by atoms with Gasteiger partial charge in [-0.05, 0) is 62.9 Å². The first kappa shape index (κ1) is 23.5. The molecule has 3 heterocycles. The number of aryl methyl sites for hydroxylation is 4. The number of benzene rings is 2. The normalized spacial score (nSPS) is 11.2. The Balaban J connectivity index is 1.40. The van der Waals surface area contributed by atoms with Crippen molar-refractivity contribution in [3.8, 4) is 11.1 Å². The van der Waals surface area contributed by atoms with Gasteiger partial charge in [-0.3, -0.25) is 9.48 Å². The number of rotatable bonds is 6. The standard InChI is InChI=1S/C29H30N6O/c1-18-9-8-12-23(15-18)25-13-14-30-29-27(25)20(3)32-35(29)17-26(36)31-28-21(4)33-34(22(28)5)16-24-11-7-6-10-19(24)2/h6-15H,16-17H2,1-5H3,(H,31,36). The van der Waals surface area contributed by atoms with Gasteiger partial charge < -0.3 is 5.32 Å². The third-order valence-corrected chi connectivity index (χ3v) is 6.66. The second-order valence-corrected chi connectivity index (χ2v) is 9.35.